The van der Waals surface area contributed by atoms with Gasteiger partial charge >= 0.3 is 0 Å². The van der Waals surface area contributed by atoms with Crippen LogP contribution in [-0.4, -0.2) is 20.2 Å². The molecule has 0 aliphatic rings. The number of rotatable bonds is 2. The molecule has 0 unspecified atom stereocenters. The van der Waals surface area contributed by atoms with E-state index in [9.17, 15) is 0 Å². The molecule has 0 aliphatic carbocycles. The first-order valence-corrected chi connectivity index (χ1v) is 8.77. The van der Waals surface area contributed by atoms with Crippen molar-refractivity contribution in [1.29, 1.82) is 0 Å². The number of benzene rings is 2. The average Bonchev–Trinajstić information content (AvgIpc) is 3.21. The fourth-order valence-electron chi connectivity index (χ4n) is 3.79. The minimum atomic E-state index is 0.442. The maximum Gasteiger partial charge on any atom is 0.153 e. The minimum absolute atomic E-state index is 0.442. The van der Waals surface area contributed by atoms with Gasteiger partial charge in [0.25, 0.3) is 0 Å². The van der Waals surface area contributed by atoms with Crippen molar-refractivity contribution in [1.82, 2.24) is 20.2 Å². The SMILES string of the molecule is CC(C)c1cccc2c1[nH]c1nccc(-c3ccc4[nH]nc(N)c4c3)c12. The number of hydrogen-bond donors (Lipinski definition) is 3. The van der Waals surface area contributed by atoms with Crippen molar-refractivity contribution in [2.75, 3.05) is 5.73 Å². The summed E-state index contributed by atoms with van der Waals surface area (Å²) >= 11 is 0. The van der Waals surface area contributed by atoms with Crippen LogP contribution in [0, 0.1) is 0 Å². The van der Waals surface area contributed by atoms with Gasteiger partial charge in [-0.25, -0.2) is 4.98 Å². The van der Waals surface area contributed by atoms with Crippen LogP contribution in [-0.2, 0) is 0 Å². The molecule has 5 heteroatoms. The Bertz CT molecular complexity index is 1280. The average molecular weight is 341 g/mol. The van der Waals surface area contributed by atoms with Gasteiger partial charge in [0.2, 0.25) is 0 Å². The van der Waals surface area contributed by atoms with Gasteiger partial charge in [-0.3, -0.25) is 5.10 Å². The summed E-state index contributed by atoms with van der Waals surface area (Å²) < 4.78 is 0. The number of aromatic nitrogens is 4. The highest BCUT2D eigenvalue weighted by Gasteiger charge is 2.15. The second-order valence-corrected chi connectivity index (χ2v) is 7.00. The fourth-order valence-corrected chi connectivity index (χ4v) is 3.79. The summed E-state index contributed by atoms with van der Waals surface area (Å²) in [5.74, 6) is 0.963. The molecule has 0 aliphatic heterocycles. The summed E-state index contributed by atoms with van der Waals surface area (Å²) in [7, 11) is 0. The third kappa shape index (κ3) is 2.03. The van der Waals surface area contributed by atoms with Gasteiger partial charge in [0.05, 0.1) is 11.0 Å². The monoisotopic (exact) mass is 341 g/mol. The number of pyridine rings is 1. The third-order valence-electron chi connectivity index (χ3n) is 5.09. The molecule has 5 nitrogen and oxygen atoms in total. The minimum Gasteiger partial charge on any atom is -0.382 e. The lowest BCUT2D eigenvalue weighted by Gasteiger charge is -2.07. The van der Waals surface area contributed by atoms with Crippen molar-refractivity contribution >= 4 is 38.7 Å². The zero-order valence-corrected chi connectivity index (χ0v) is 14.7. The van der Waals surface area contributed by atoms with Crippen molar-refractivity contribution < 1.29 is 0 Å². The summed E-state index contributed by atoms with van der Waals surface area (Å²) in [5.41, 5.74) is 12.6. The van der Waals surface area contributed by atoms with E-state index in [1.165, 1.54) is 16.5 Å². The molecule has 0 saturated carbocycles. The van der Waals surface area contributed by atoms with Crippen LogP contribution in [0.1, 0.15) is 25.3 Å². The maximum absolute atomic E-state index is 6.00. The van der Waals surface area contributed by atoms with E-state index in [0.717, 1.165) is 33.1 Å². The highest BCUT2D eigenvalue weighted by molar-refractivity contribution is 6.14. The number of hydrogen-bond acceptors (Lipinski definition) is 3. The van der Waals surface area contributed by atoms with Crippen molar-refractivity contribution in [3.05, 3.63) is 54.2 Å². The first-order chi connectivity index (χ1) is 12.6. The smallest absolute Gasteiger partial charge is 0.153 e. The van der Waals surface area contributed by atoms with Gasteiger partial charge in [0, 0.05) is 22.4 Å². The van der Waals surface area contributed by atoms with E-state index in [2.05, 4.69) is 70.4 Å². The topological polar surface area (TPSA) is 83.4 Å². The van der Waals surface area contributed by atoms with E-state index >= 15 is 0 Å². The molecule has 0 atom stereocenters. The number of nitrogens with one attached hydrogen (secondary N) is 2. The third-order valence-corrected chi connectivity index (χ3v) is 5.09. The van der Waals surface area contributed by atoms with Crippen LogP contribution < -0.4 is 5.73 Å². The summed E-state index contributed by atoms with van der Waals surface area (Å²) in [6.45, 7) is 4.43. The first-order valence-electron chi connectivity index (χ1n) is 8.77. The Hall–Kier alpha value is -3.34. The molecule has 0 bridgehead atoms. The maximum atomic E-state index is 6.00. The zero-order valence-electron chi connectivity index (χ0n) is 14.7. The number of para-hydroxylation sites is 1. The molecule has 0 amide bonds. The van der Waals surface area contributed by atoms with Gasteiger partial charge in [-0.05, 0) is 40.8 Å². The van der Waals surface area contributed by atoms with Gasteiger partial charge in [-0.15, -0.1) is 0 Å². The molecule has 2 aromatic carbocycles. The molecular formula is C21H19N5. The van der Waals surface area contributed by atoms with E-state index < -0.39 is 0 Å². The van der Waals surface area contributed by atoms with Crippen LogP contribution in [0.25, 0.3) is 44.0 Å². The molecule has 4 N–H and O–H groups in total. The quantitative estimate of drug-likeness (QED) is 0.424. The summed E-state index contributed by atoms with van der Waals surface area (Å²) in [5, 5.41) is 10.3. The van der Waals surface area contributed by atoms with Gasteiger partial charge < -0.3 is 10.7 Å². The number of H-pyrrole nitrogens is 2. The molecule has 3 heterocycles. The van der Waals surface area contributed by atoms with Crippen LogP contribution in [0.3, 0.4) is 0 Å². The van der Waals surface area contributed by atoms with E-state index in [-0.39, 0.29) is 0 Å². The van der Waals surface area contributed by atoms with E-state index in [4.69, 9.17) is 5.73 Å². The Morgan fingerprint density at radius 2 is 1.92 bits per heavy atom. The Labute approximate surface area is 150 Å². The number of nitrogens with zero attached hydrogens (tertiary/aromatic N) is 2. The van der Waals surface area contributed by atoms with Gasteiger partial charge in [-0.1, -0.05) is 38.1 Å². The van der Waals surface area contributed by atoms with Crippen molar-refractivity contribution in [2.24, 2.45) is 0 Å². The molecule has 0 spiro atoms. The number of aromatic amines is 2. The predicted octanol–water partition coefficient (Wildman–Crippen LogP) is 4.97. The second-order valence-electron chi connectivity index (χ2n) is 7.00. The largest absolute Gasteiger partial charge is 0.382 e. The number of anilines is 1. The molecule has 3 aromatic heterocycles. The molecule has 0 saturated heterocycles. The van der Waals surface area contributed by atoms with E-state index in [1.807, 2.05) is 12.3 Å². The predicted molar refractivity (Wildman–Crippen MR) is 107 cm³/mol. The Morgan fingerprint density at radius 1 is 1.04 bits per heavy atom. The molecule has 5 aromatic rings. The molecule has 0 radical (unpaired) electrons. The summed E-state index contributed by atoms with van der Waals surface area (Å²) in [4.78, 5) is 8.10. The van der Waals surface area contributed by atoms with Crippen LogP contribution in [0.15, 0.2) is 48.7 Å². The molecule has 128 valence electrons. The van der Waals surface area contributed by atoms with Crippen LogP contribution in [0.2, 0.25) is 0 Å². The lowest BCUT2D eigenvalue weighted by Crippen LogP contribution is -1.88. The fraction of sp³-hybridized carbons (Fsp3) is 0.143. The zero-order chi connectivity index (χ0) is 17.8. The Kier molecular flexibility index (Phi) is 3.06. The summed E-state index contributed by atoms with van der Waals surface area (Å²) in [6, 6.07) is 14.7. The van der Waals surface area contributed by atoms with Gasteiger partial charge in [0.1, 0.15) is 5.65 Å². The Balaban J connectivity index is 1.86. The van der Waals surface area contributed by atoms with E-state index in [1.54, 1.807) is 0 Å². The molecule has 5 rings (SSSR count). The van der Waals surface area contributed by atoms with Crippen molar-refractivity contribution in [2.45, 2.75) is 19.8 Å². The van der Waals surface area contributed by atoms with Crippen LogP contribution in [0.4, 0.5) is 5.82 Å². The van der Waals surface area contributed by atoms with E-state index in [0.29, 0.717) is 11.7 Å². The normalized spacial score (nSPS) is 12.0. The Morgan fingerprint density at radius 3 is 2.77 bits per heavy atom. The lowest BCUT2D eigenvalue weighted by atomic mass is 9.97. The first kappa shape index (κ1) is 15.0. The van der Waals surface area contributed by atoms with Gasteiger partial charge in [-0.2, -0.15) is 5.10 Å². The number of nitrogen functional groups attached to an aromatic ring is 1. The second kappa shape index (κ2) is 5.33. The molecule has 26 heavy (non-hydrogen) atoms. The standard InChI is InChI=1S/C21H19N5/c1-11(2)13-4-3-5-15-18-14(8-9-23-21(18)24-19(13)15)12-6-7-17-16(10-12)20(22)26-25-17/h3-11H,1-2H3,(H,23,24)(H3,22,25,26). The van der Waals surface area contributed by atoms with Gasteiger partial charge in [0.15, 0.2) is 5.82 Å². The lowest BCUT2D eigenvalue weighted by molar-refractivity contribution is 0.874. The molecular weight excluding hydrogens is 322 g/mol. The van der Waals surface area contributed by atoms with Crippen molar-refractivity contribution in [3.8, 4) is 11.1 Å². The number of nitrogens with two attached hydrogens (primary N) is 1. The summed E-state index contributed by atoms with van der Waals surface area (Å²) in [6.07, 6.45) is 1.85. The molecule has 0 fully saturated rings. The van der Waals surface area contributed by atoms with Crippen LogP contribution in [0.5, 0.6) is 0 Å². The van der Waals surface area contributed by atoms with Crippen molar-refractivity contribution in [3.63, 3.8) is 0 Å². The highest BCUT2D eigenvalue weighted by atomic mass is 15.1. The number of fused-ring (bicyclic) bond motifs is 4. The highest BCUT2D eigenvalue weighted by Crippen LogP contribution is 2.37. The van der Waals surface area contributed by atoms with Crippen LogP contribution >= 0.6 is 0 Å².